The Morgan fingerprint density at radius 2 is 1.78 bits per heavy atom. The van der Waals surface area contributed by atoms with E-state index in [-0.39, 0.29) is 6.04 Å². The normalized spacial score (nSPS) is 12.4. The minimum atomic E-state index is 0.214. The van der Waals surface area contributed by atoms with Gasteiger partial charge < -0.3 is 20.5 Å². The molecule has 0 radical (unpaired) electrons. The van der Waals surface area contributed by atoms with Gasteiger partial charge in [-0.25, -0.2) is 0 Å². The molecule has 4 heteroatoms. The number of rotatable bonds is 6. The van der Waals surface area contributed by atoms with Crippen LogP contribution in [-0.4, -0.2) is 26.8 Å². The molecule has 0 aromatic heterocycles. The van der Waals surface area contributed by atoms with Crippen molar-refractivity contribution in [2.24, 2.45) is 11.7 Å². The molecule has 0 bridgehead atoms. The zero-order valence-corrected chi connectivity index (χ0v) is 11.9. The van der Waals surface area contributed by atoms with Gasteiger partial charge in [0.15, 0.2) is 0 Å². The van der Waals surface area contributed by atoms with E-state index in [0.29, 0.717) is 12.5 Å². The number of anilines is 1. The summed E-state index contributed by atoms with van der Waals surface area (Å²) < 4.78 is 10.7. The molecular weight excluding hydrogens is 228 g/mol. The lowest BCUT2D eigenvalue weighted by molar-refractivity contribution is 0.400. The van der Waals surface area contributed by atoms with Gasteiger partial charge in [0.1, 0.15) is 11.5 Å². The number of nitrogens with two attached hydrogens (primary N) is 1. The van der Waals surface area contributed by atoms with Crippen LogP contribution in [0.2, 0.25) is 0 Å². The Morgan fingerprint density at radius 3 is 2.22 bits per heavy atom. The number of benzene rings is 1. The van der Waals surface area contributed by atoms with Crippen molar-refractivity contribution < 1.29 is 9.47 Å². The molecule has 1 aromatic carbocycles. The van der Waals surface area contributed by atoms with Crippen LogP contribution in [0.1, 0.15) is 19.4 Å². The lowest BCUT2D eigenvalue weighted by Crippen LogP contribution is -2.33. The van der Waals surface area contributed by atoms with E-state index in [1.165, 1.54) is 0 Å². The SMILES string of the molecule is COc1cc(NC(CN)C(C)C)c(OC)cc1C. The highest BCUT2D eigenvalue weighted by molar-refractivity contribution is 5.62. The van der Waals surface area contributed by atoms with Crippen LogP contribution in [0, 0.1) is 12.8 Å². The number of hydrogen-bond donors (Lipinski definition) is 2. The Balaban J connectivity index is 3.05. The fraction of sp³-hybridized carbons (Fsp3) is 0.571. The Labute approximate surface area is 109 Å². The van der Waals surface area contributed by atoms with E-state index in [1.54, 1.807) is 14.2 Å². The molecule has 0 aliphatic rings. The van der Waals surface area contributed by atoms with Gasteiger partial charge in [0.2, 0.25) is 0 Å². The first-order valence-corrected chi connectivity index (χ1v) is 6.22. The molecule has 0 spiro atoms. The third-order valence-corrected chi connectivity index (χ3v) is 3.12. The molecule has 1 aromatic rings. The number of methoxy groups -OCH3 is 2. The number of nitrogens with one attached hydrogen (secondary N) is 1. The number of hydrogen-bond acceptors (Lipinski definition) is 4. The van der Waals surface area contributed by atoms with Gasteiger partial charge in [0.25, 0.3) is 0 Å². The first kappa shape index (κ1) is 14.6. The molecule has 102 valence electrons. The van der Waals surface area contributed by atoms with Crippen LogP contribution < -0.4 is 20.5 Å². The van der Waals surface area contributed by atoms with Crippen molar-refractivity contribution in [2.45, 2.75) is 26.8 Å². The fourth-order valence-electron chi connectivity index (χ4n) is 1.86. The van der Waals surface area contributed by atoms with E-state index < -0.39 is 0 Å². The molecule has 1 atom stereocenters. The summed E-state index contributed by atoms with van der Waals surface area (Å²) in [6.07, 6.45) is 0. The maximum Gasteiger partial charge on any atom is 0.142 e. The molecule has 0 aliphatic heterocycles. The van der Waals surface area contributed by atoms with Crippen molar-refractivity contribution in [3.05, 3.63) is 17.7 Å². The van der Waals surface area contributed by atoms with Crippen molar-refractivity contribution in [3.8, 4) is 11.5 Å². The standard InChI is InChI=1S/C14H24N2O2/c1-9(2)12(8-15)16-11-7-13(17-4)10(3)6-14(11)18-5/h6-7,9,12,16H,8,15H2,1-5H3. The average molecular weight is 252 g/mol. The molecular formula is C14H24N2O2. The van der Waals surface area contributed by atoms with Crippen LogP contribution in [0.3, 0.4) is 0 Å². The molecule has 0 aliphatic carbocycles. The van der Waals surface area contributed by atoms with E-state index in [2.05, 4.69) is 19.2 Å². The smallest absolute Gasteiger partial charge is 0.142 e. The third-order valence-electron chi connectivity index (χ3n) is 3.12. The number of ether oxygens (including phenoxy) is 2. The highest BCUT2D eigenvalue weighted by atomic mass is 16.5. The highest BCUT2D eigenvalue weighted by Crippen LogP contribution is 2.33. The van der Waals surface area contributed by atoms with E-state index in [0.717, 1.165) is 22.7 Å². The number of aryl methyl sites for hydroxylation is 1. The second-order valence-electron chi connectivity index (χ2n) is 4.75. The molecule has 18 heavy (non-hydrogen) atoms. The van der Waals surface area contributed by atoms with Gasteiger partial charge in [-0.3, -0.25) is 0 Å². The molecule has 0 saturated carbocycles. The lowest BCUT2D eigenvalue weighted by Gasteiger charge is -2.24. The fourth-order valence-corrected chi connectivity index (χ4v) is 1.86. The molecule has 1 rings (SSSR count). The summed E-state index contributed by atoms with van der Waals surface area (Å²) in [6.45, 7) is 6.86. The van der Waals surface area contributed by atoms with Gasteiger partial charge >= 0.3 is 0 Å². The quantitative estimate of drug-likeness (QED) is 0.816. The summed E-state index contributed by atoms with van der Waals surface area (Å²) in [5.74, 6) is 2.11. The van der Waals surface area contributed by atoms with Gasteiger partial charge in [-0.15, -0.1) is 0 Å². The summed E-state index contributed by atoms with van der Waals surface area (Å²) in [5.41, 5.74) is 7.75. The second kappa shape index (κ2) is 6.50. The maximum absolute atomic E-state index is 5.78. The van der Waals surface area contributed by atoms with Crippen molar-refractivity contribution in [1.29, 1.82) is 0 Å². The van der Waals surface area contributed by atoms with Gasteiger partial charge in [0, 0.05) is 18.7 Å². The van der Waals surface area contributed by atoms with Crippen LogP contribution in [0.5, 0.6) is 11.5 Å². The summed E-state index contributed by atoms with van der Waals surface area (Å²) in [5, 5.41) is 3.42. The van der Waals surface area contributed by atoms with Crippen LogP contribution in [0.15, 0.2) is 12.1 Å². The van der Waals surface area contributed by atoms with Crippen LogP contribution in [0.25, 0.3) is 0 Å². The van der Waals surface area contributed by atoms with E-state index >= 15 is 0 Å². The minimum absolute atomic E-state index is 0.214. The second-order valence-corrected chi connectivity index (χ2v) is 4.75. The molecule has 4 nitrogen and oxygen atoms in total. The predicted molar refractivity (Wildman–Crippen MR) is 75.6 cm³/mol. The monoisotopic (exact) mass is 252 g/mol. The minimum Gasteiger partial charge on any atom is -0.496 e. The van der Waals surface area contributed by atoms with Crippen LogP contribution in [0.4, 0.5) is 5.69 Å². The predicted octanol–water partition coefficient (Wildman–Crippen LogP) is 2.41. The van der Waals surface area contributed by atoms with Gasteiger partial charge in [-0.2, -0.15) is 0 Å². The zero-order chi connectivity index (χ0) is 13.7. The average Bonchev–Trinajstić information content (AvgIpc) is 2.36. The van der Waals surface area contributed by atoms with Gasteiger partial charge in [-0.1, -0.05) is 13.8 Å². The summed E-state index contributed by atoms with van der Waals surface area (Å²) in [7, 11) is 3.33. The topological polar surface area (TPSA) is 56.5 Å². The van der Waals surface area contributed by atoms with Gasteiger partial charge in [0.05, 0.1) is 19.9 Å². The van der Waals surface area contributed by atoms with Crippen molar-refractivity contribution in [1.82, 2.24) is 0 Å². The Hall–Kier alpha value is -1.42. The zero-order valence-electron chi connectivity index (χ0n) is 11.9. The van der Waals surface area contributed by atoms with Crippen molar-refractivity contribution in [2.75, 3.05) is 26.1 Å². The Kier molecular flexibility index (Phi) is 5.28. The molecule has 1 unspecified atom stereocenters. The third kappa shape index (κ3) is 3.29. The van der Waals surface area contributed by atoms with E-state index in [9.17, 15) is 0 Å². The summed E-state index contributed by atoms with van der Waals surface area (Å²) >= 11 is 0. The first-order chi connectivity index (χ1) is 8.53. The molecule has 0 heterocycles. The highest BCUT2D eigenvalue weighted by Gasteiger charge is 2.15. The summed E-state index contributed by atoms with van der Waals surface area (Å²) in [4.78, 5) is 0. The maximum atomic E-state index is 5.78. The van der Waals surface area contributed by atoms with Crippen LogP contribution in [-0.2, 0) is 0 Å². The van der Waals surface area contributed by atoms with Gasteiger partial charge in [-0.05, 0) is 24.5 Å². The van der Waals surface area contributed by atoms with Crippen LogP contribution >= 0.6 is 0 Å². The molecule has 0 saturated heterocycles. The van der Waals surface area contributed by atoms with E-state index in [4.69, 9.17) is 15.2 Å². The van der Waals surface area contributed by atoms with Crippen molar-refractivity contribution in [3.63, 3.8) is 0 Å². The first-order valence-electron chi connectivity index (χ1n) is 6.22. The summed E-state index contributed by atoms with van der Waals surface area (Å²) in [6, 6.07) is 4.14. The molecule has 3 N–H and O–H groups in total. The lowest BCUT2D eigenvalue weighted by atomic mass is 10.0. The van der Waals surface area contributed by atoms with E-state index in [1.807, 2.05) is 19.1 Å². The molecule has 0 amide bonds. The Morgan fingerprint density at radius 1 is 1.17 bits per heavy atom. The molecule has 0 fully saturated rings. The van der Waals surface area contributed by atoms with Crippen molar-refractivity contribution >= 4 is 5.69 Å². The Bertz CT molecular complexity index is 392. The largest absolute Gasteiger partial charge is 0.496 e.